The van der Waals surface area contributed by atoms with Gasteiger partial charge in [0.05, 0.1) is 8.49 Å². The molecule has 6 heteroatoms. The largest absolute Gasteiger partial charge is 0.371 e. The number of benzene rings is 1. The maximum atomic E-state index is 10.8. The average Bonchev–Trinajstić information content (AvgIpc) is 2.45. The van der Waals surface area contributed by atoms with E-state index in [9.17, 15) is 10.1 Å². The summed E-state index contributed by atoms with van der Waals surface area (Å²) in [7, 11) is 1.99. The summed E-state index contributed by atoms with van der Waals surface area (Å²) in [6, 6.07) is 5.41. The Morgan fingerprint density at radius 3 is 2.70 bits per heavy atom. The molecule has 1 aliphatic heterocycles. The van der Waals surface area contributed by atoms with Gasteiger partial charge in [0.15, 0.2) is 0 Å². The Labute approximate surface area is 133 Å². The lowest BCUT2D eigenvalue weighted by molar-refractivity contribution is -0.385. The van der Waals surface area contributed by atoms with Gasteiger partial charge in [-0.3, -0.25) is 10.1 Å². The predicted octanol–water partition coefficient (Wildman–Crippen LogP) is 3.03. The summed E-state index contributed by atoms with van der Waals surface area (Å²) >= 11 is 2.04. The van der Waals surface area contributed by atoms with E-state index in [1.165, 1.54) is 19.3 Å². The first-order valence-corrected chi connectivity index (χ1v) is 8.03. The second kappa shape index (κ2) is 7.21. The monoisotopic (exact) mass is 389 g/mol. The van der Waals surface area contributed by atoms with Gasteiger partial charge in [-0.15, -0.1) is 0 Å². The van der Waals surface area contributed by atoms with Crippen molar-refractivity contribution in [2.24, 2.45) is 5.92 Å². The van der Waals surface area contributed by atoms with Crippen molar-refractivity contribution >= 4 is 34.0 Å². The highest BCUT2D eigenvalue weighted by Crippen LogP contribution is 2.29. The molecule has 1 aliphatic rings. The zero-order valence-electron chi connectivity index (χ0n) is 11.6. The Morgan fingerprint density at radius 2 is 2.15 bits per heavy atom. The lowest BCUT2D eigenvalue weighted by Gasteiger charge is -2.33. The molecule has 2 rings (SSSR count). The van der Waals surface area contributed by atoms with Crippen molar-refractivity contribution in [1.82, 2.24) is 5.32 Å². The van der Waals surface area contributed by atoms with Crippen LogP contribution >= 0.6 is 22.6 Å². The van der Waals surface area contributed by atoms with Crippen LogP contribution in [0.4, 0.5) is 11.4 Å². The van der Waals surface area contributed by atoms with Gasteiger partial charge in [0.25, 0.3) is 5.69 Å². The maximum Gasteiger partial charge on any atom is 0.282 e. The van der Waals surface area contributed by atoms with Gasteiger partial charge < -0.3 is 10.2 Å². The fraction of sp³-hybridized carbons (Fsp3) is 0.571. The normalized spacial score (nSPS) is 16.4. The van der Waals surface area contributed by atoms with Crippen LogP contribution in [0.1, 0.15) is 19.3 Å². The van der Waals surface area contributed by atoms with Crippen molar-refractivity contribution in [2.45, 2.75) is 19.3 Å². The molecule has 5 nitrogen and oxygen atoms in total. The van der Waals surface area contributed by atoms with Crippen molar-refractivity contribution in [3.8, 4) is 0 Å². The summed E-state index contributed by atoms with van der Waals surface area (Å²) in [6.07, 6.45) is 3.65. The summed E-state index contributed by atoms with van der Waals surface area (Å²) < 4.78 is 0.711. The van der Waals surface area contributed by atoms with Crippen LogP contribution in [0.25, 0.3) is 0 Å². The highest BCUT2D eigenvalue weighted by Gasteiger charge is 2.20. The first-order valence-electron chi connectivity index (χ1n) is 6.95. The van der Waals surface area contributed by atoms with Crippen LogP contribution in [-0.4, -0.2) is 31.6 Å². The molecule has 0 saturated carbocycles. The number of rotatable bonds is 5. The predicted molar refractivity (Wildman–Crippen MR) is 89.3 cm³/mol. The number of hydrogen-bond donors (Lipinski definition) is 1. The summed E-state index contributed by atoms with van der Waals surface area (Å²) in [6.45, 7) is 3.17. The molecule has 1 N–H and O–H groups in total. The number of nitrogens with zero attached hydrogens (tertiary/aromatic N) is 2. The molecular weight excluding hydrogens is 369 g/mol. The van der Waals surface area contributed by atoms with E-state index in [4.69, 9.17) is 0 Å². The minimum atomic E-state index is -0.324. The third-order valence-corrected chi connectivity index (χ3v) is 4.77. The molecule has 0 spiro atoms. The van der Waals surface area contributed by atoms with E-state index in [1.54, 1.807) is 6.07 Å². The Kier molecular flexibility index (Phi) is 5.59. The van der Waals surface area contributed by atoms with Gasteiger partial charge >= 0.3 is 0 Å². The third kappa shape index (κ3) is 3.82. The molecule has 1 fully saturated rings. The number of hydrogen-bond acceptors (Lipinski definition) is 4. The molecular formula is C14H20IN3O2. The Hall–Kier alpha value is -0.890. The quantitative estimate of drug-likeness (QED) is 0.478. The smallest absolute Gasteiger partial charge is 0.282 e. The molecule has 0 aliphatic carbocycles. The van der Waals surface area contributed by atoms with Crippen LogP contribution in [0.2, 0.25) is 0 Å². The molecule has 0 amide bonds. The molecule has 0 bridgehead atoms. The van der Waals surface area contributed by atoms with E-state index in [0.717, 1.165) is 31.2 Å². The third-order valence-electron chi connectivity index (χ3n) is 3.91. The maximum absolute atomic E-state index is 10.8. The van der Waals surface area contributed by atoms with Crippen LogP contribution in [-0.2, 0) is 0 Å². The number of nitro benzene ring substituents is 1. The Bertz CT molecular complexity index is 473. The van der Waals surface area contributed by atoms with Gasteiger partial charge in [-0.1, -0.05) is 0 Å². The van der Waals surface area contributed by atoms with E-state index in [2.05, 4.69) is 10.2 Å². The molecule has 0 radical (unpaired) electrons. The van der Waals surface area contributed by atoms with Crippen molar-refractivity contribution in [3.05, 3.63) is 31.9 Å². The van der Waals surface area contributed by atoms with E-state index in [1.807, 2.05) is 41.8 Å². The minimum Gasteiger partial charge on any atom is -0.371 e. The minimum absolute atomic E-state index is 0.193. The number of nitro groups is 1. The Morgan fingerprint density at radius 1 is 1.45 bits per heavy atom. The molecule has 110 valence electrons. The summed E-state index contributed by atoms with van der Waals surface area (Å²) in [5.41, 5.74) is 1.30. The summed E-state index contributed by atoms with van der Waals surface area (Å²) in [5, 5.41) is 14.0. The van der Waals surface area contributed by atoms with E-state index >= 15 is 0 Å². The number of anilines is 1. The van der Waals surface area contributed by atoms with Gasteiger partial charge in [-0.25, -0.2) is 0 Å². The van der Waals surface area contributed by atoms with E-state index < -0.39 is 0 Å². The fourth-order valence-corrected chi connectivity index (χ4v) is 3.36. The zero-order valence-corrected chi connectivity index (χ0v) is 13.8. The van der Waals surface area contributed by atoms with Crippen LogP contribution < -0.4 is 10.2 Å². The summed E-state index contributed by atoms with van der Waals surface area (Å²) in [4.78, 5) is 12.8. The molecule has 20 heavy (non-hydrogen) atoms. The molecule has 1 aromatic rings. The van der Waals surface area contributed by atoms with Gasteiger partial charge in [0, 0.05) is 24.8 Å². The fourth-order valence-electron chi connectivity index (χ4n) is 2.67. The standard InChI is InChI=1S/C14H20IN3O2/c1-16-7-4-11-5-8-17(9-6-11)12-2-3-14(18(19)20)13(15)10-12/h2-3,10-11,16H,4-9H2,1H3. The molecule has 0 atom stereocenters. The molecule has 0 unspecified atom stereocenters. The van der Waals surface area contributed by atoms with Gasteiger partial charge in [0.2, 0.25) is 0 Å². The zero-order chi connectivity index (χ0) is 14.5. The number of piperidine rings is 1. The number of nitrogens with one attached hydrogen (secondary N) is 1. The lowest BCUT2D eigenvalue weighted by Crippen LogP contribution is -2.34. The average molecular weight is 389 g/mol. The molecule has 1 saturated heterocycles. The van der Waals surface area contributed by atoms with Crippen LogP contribution in [0.15, 0.2) is 18.2 Å². The molecule has 0 aromatic heterocycles. The van der Waals surface area contributed by atoms with E-state index in [0.29, 0.717) is 3.57 Å². The van der Waals surface area contributed by atoms with Gasteiger partial charge in [0.1, 0.15) is 0 Å². The highest BCUT2D eigenvalue weighted by atomic mass is 127. The van der Waals surface area contributed by atoms with Crippen LogP contribution in [0, 0.1) is 19.6 Å². The second-order valence-corrected chi connectivity index (χ2v) is 6.38. The lowest BCUT2D eigenvalue weighted by atomic mass is 9.93. The van der Waals surface area contributed by atoms with Crippen molar-refractivity contribution in [2.75, 3.05) is 31.6 Å². The highest BCUT2D eigenvalue weighted by molar-refractivity contribution is 14.1. The van der Waals surface area contributed by atoms with Crippen molar-refractivity contribution in [1.29, 1.82) is 0 Å². The second-order valence-electron chi connectivity index (χ2n) is 5.22. The van der Waals surface area contributed by atoms with E-state index in [-0.39, 0.29) is 10.6 Å². The molecule has 1 heterocycles. The first kappa shape index (κ1) is 15.5. The molecule has 1 aromatic carbocycles. The van der Waals surface area contributed by atoms with Crippen LogP contribution in [0.5, 0.6) is 0 Å². The first-order chi connectivity index (χ1) is 9.61. The van der Waals surface area contributed by atoms with Crippen molar-refractivity contribution in [3.63, 3.8) is 0 Å². The summed E-state index contributed by atoms with van der Waals surface area (Å²) in [5.74, 6) is 0.802. The topological polar surface area (TPSA) is 58.4 Å². The Balaban J connectivity index is 1.97. The number of halogens is 1. The SMILES string of the molecule is CNCCC1CCN(c2ccc([N+](=O)[O-])c(I)c2)CC1. The van der Waals surface area contributed by atoms with Crippen molar-refractivity contribution < 1.29 is 4.92 Å². The van der Waals surface area contributed by atoms with Gasteiger partial charge in [-0.05, 0) is 73.5 Å². The van der Waals surface area contributed by atoms with Gasteiger partial charge in [-0.2, -0.15) is 0 Å². The van der Waals surface area contributed by atoms with Crippen LogP contribution in [0.3, 0.4) is 0 Å².